The molecule has 2 unspecified atom stereocenters. The molecule has 2 atom stereocenters. The number of hydrogen-bond acceptors (Lipinski definition) is 2. The van der Waals surface area contributed by atoms with E-state index >= 15 is 0 Å². The number of nitrogens with zero attached hydrogens (tertiary/aromatic N) is 1. The van der Waals surface area contributed by atoms with Crippen molar-refractivity contribution < 1.29 is 0 Å². The average Bonchev–Trinajstić information content (AvgIpc) is 2.93. The van der Waals surface area contributed by atoms with Crippen LogP contribution >= 0.6 is 0 Å². The molecule has 2 heteroatoms. The second kappa shape index (κ2) is 5.13. The first-order valence-corrected chi connectivity index (χ1v) is 6.27. The van der Waals surface area contributed by atoms with E-state index < -0.39 is 0 Å². The first-order chi connectivity index (χ1) is 6.90. The quantitative estimate of drug-likeness (QED) is 0.736. The molecule has 0 amide bonds. The first-order valence-electron chi connectivity index (χ1n) is 6.27. The minimum absolute atomic E-state index is 0.989. The zero-order valence-corrected chi connectivity index (χ0v) is 9.47. The van der Waals surface area contributed by atoms with E-state index in [1.165, 1.54) is 58.3 Å². The fourth-order valence-electron chi connectivity index (χ4n) is 2.70. The van der Waals surface area contributed by atoms with E-state index in [0.29, 0.717) is 0 Å². The summed E-state index contributed by atoms with van der Waals surface area (Å²) in [7, 11) is 2.07. The number of nitrogens with one attached hydrogen (secondary N) is 1. The summed E-state index contributed by atoms with van der Waals surface area (Å²) in [6.07, 6.45) is 7.26. The normalized spacial score (nSPS) is 34.1. The van der Waals surface area contributed by atoms with Crippen LogP contribution in [0.2, 0.25) is 0 Å². The van der Waals surface area contributed by atoms with Gasteiger partial charge in [-0.3, -0.25) is 0 Å². The monoisotopic (exact) mass is 196 g/mol. The van der Waals surface area contributed by atoms with E-state index in [9.17, 15) is 0 Å². The Hall–Kier alpha value is -0.0800. The highest BCUT2D eigenvalue weighted by Gasteiger charge is 2.37. The molecule has 1 N–H and O–H groups in total. The van der Waals surface area contributed by atoms with E-state index in [2.05, 4.69) is 17.3 Å². The zero-order valence-electron chi connectivity index (χ0n) is 9.47. The Morgan fingerprint density at radius 2 is 1.79 bits per heavy atom. The Morgan fingerprint density at radius 1 is 1.07 bits per heavy atom. The zero-order chi connectivity index (χ0) is 9.80. The number of likely N-dealkylation sites (tertiary alicyclic amines) is 1. The van der Waals surface area contributed by atoms with Crippen molar-refractivity contribution in [3.05, 3.63) is 0 Å². The summed E-state index contributed by atoms with van der Waals surface area (Å²) in [6, 6.07) is 0. The molecule has 1 saturated carbocycles. The molecule has 1 aliphatic heterocycles. The maximum Gasteiger partial charge on any atom is 0.00129 e. The van der Waals surface area contributed by atoms with E-state index in [0.717, 1.165) is 11.8 Å². The van der Waals surface area contributed by atoms with E-state index in [1.807, 2.05) is 0 Å². The molecule has 1 saturated heterocycles. The Balaban J connectivity index is 1.65. The van der Waals surface area contributed by atoms with Crippen molar-refractivity contribution >= 4 is 0 Å². The highest BCUT2D eigenvalue weighted by atomic mass is 15.1. The molecule has 0 aromatic rings. The van der Waals surface area contributed by atoms with Gasteiger partial charge < -0.3 is 10.2 Å². The molecule has 0 aromatic carbocycles. The largest absolute Gasteiger partial charge is 0.319 e. The second-order valence-corrected chi connectivity index (χ2v) is 5.03. The second-order valence-electron chi connectivity index (χ2n) is 5.03. The van der Waals surface area contributed by atoms with Gasteiger partial charge in [-0.2, -0.15) is 0 Å². The van der Waals surface area contributed by atoms with Crippen LogP contribution in [0.3, 0.4) is 0 Å². The molecule has 0 spiro atoms. The standard InChI is InChI=1S/C12H24N2/c1-13-9-11-8-12(11)10-14-6-4-2-3-5-7-14/h11-13H,2-10H2,1H3. The van der Waals surface area contributed by atoms with Crippen molar-refractivity contribution in [2.75, 3.05) is 33.2 Å². The van der Waals surface area contributed by atoms with Gasteiger partial charge in [-0.05, 0) is 57.8 Å². The molecule has 2 nitrogen and oxygen atoms in total. The van der Waals surface area contributed by atoms with E-state index in [-0.39, 0.29) is 0 Å². The van der Waals surface area contributed by atoms with Gasteiger partial charge in [0.2, 0.25) is 0 Å². The minimum Gasteiger partial charge on any atom is -0.319 e. The molecule has 2 fully saturated rings. The third-order valence-electron chi connectivity index (χ3n) is 3.73. The number of hydrogen-bond donors (Lipinski definition) is 1. The van der Waals surface area contributed by atoms with Gasteiger partial charge in [-0.25, -0.2) is 0 Å². The van der Waals surface area contributed by atoms with Gasteiger partial charge in [0.25, 0.3) is 0 Å². The third-order valence-corrected chi connectivity index (χ3v) is 3.73. The molecular weight excluding hydrogens is 172 g/mol. The Bertz CT molecular complexity index is 162. The number of rotatable bonds is 4. The highest BCUT2D eigenvalue weighted by molar-refractivity contribution is 4.89. The summed E-state index contributed by atoms with van der Waals surface area (Å²) < 4.78 is 0. The maximum atomic E-state index is 3.29. The molecular formula is C12H24N2. The van der Waals surface area contributed by atoms with Crippen LogP contribution in [0.15, 0.2) is 0 Å². The molecule has 1 heterocycles. The summed E-state index contributed by atoms with van der Waals surface area (Å²) in [4.78, 5) is 2.70. The predicted molar refractivity (Wildman–Crippen MR) is 60.4 cm³/mol. The van der Waals surface area contributed by atoms with Crippen molar-refractivity contribution in [3.63, 3.8) is 0 Å². The smallest absolute Gasteiger partial charge is 0.00129 e. The highest BCUT2D eigenvalue weighted by Crippen LogP contribution is 2.38. The molecule has 0 bridgehead atoms. The van der Waals surface area contributed by atoms with Crippen LogP contribution in [-0.4, -0.2) is 38.1 Å². The van der Waals surface area contributed by atoms with Gasteiger partial charge in [0, 0.05) is 6.54 Å². The van der Waals surface area contributed by atoms with Gasteiger partial charge in [-0.1, -0.05) is 12.8 Å². The fourth-order valence-corrected chi connectivity index (χ4v) is 2.70. The van der Waals surface area contributed by atoms with Crippen LogP contribution in [0.4, 0.5) is 0 Å². The lowest BCUT2D eigenvalue weighted by molar-refractivity contribution is 0.268. The fraction of sp³-hybridized carbons (Fsp3) is 1.00. The predicted octanol–water partition coefficient (Wildman–Crippen LogP) is 1.72. The summed E-state index contributed by atoms with van der Waals surface area (Å²) in [5, 5.41) is 3.29. The SMILES string of the molecule is CNCC1CC1CN1CCCCCC1. The van der Waals surface area contributed by atoms with Crippen molar-refractivity contribution in [1.29, 1.82) is 0 Å². The van der Waals surface area contributed by atoms with Crippen LogP contribution in [0, 0.1) is 11.8 Å². The molecule has 2 aliphatic rings. The molecule has 82 valence electrons. The summed E-state index contributed by atoms with van der Waals surface area (Å²) in [5.74, 6) is 2.00. The molecule has 1 aliphatic carbocycles. The van der Waals surface area contributed by atoms with Gasteiger partial charge in [0.15, 0.2) is 0 Å². The topological polar surface area (TPSA) is 15.3 Å². The molecule has 0 aromatic heterocycles. The van der Waals surface area contributed by atoms with Gasteiger partial charge >= 0.3 is 0 Å². The molecule has 14 heavy (non-hydrogen) atoms. The van der Waals surface area contributed by atoms with E-state index in [4.69, 9.17) is 0 Å². The Labute approximate surface area is 88.1 Å². The first kappa shape index (κ1) is 10.4. The van der Waals surface area contributed by atoms with Crippen LogP contribution in [-0.2, 0) is 0 Å². The maximum absolute atomic E-state index is 3.29. The third kappa shape index (κ3) is 2.96. The van der Waals surface area contributed by atoms with Crippen LogP contribution < -0.4 is 5.32 Å². The lowest BCUT2D eigenvalue weighted by Gasteiger charge is -2.19. The molecule has 2 rings (SSSR count). The van der Waals surface area contributed by atoms with Crippen molar-refractivity contribution in [3.8, 4) is 0 Å². The lowest BCUT2D eigenvalue weighted by atomic mass is 10.2. The van der Waals surface area contributed by atoms with Crippen molar-refractivity contribution in [2.45, 2.75) is 32.1 Å². The lowest BCUT2D eigenvalue weighted by Crippen LogP contribution is -2.27. The van der Waals surface area contributed by atoms with Gasteiger partial charge in [0.1, 0.15) is 0 Å². The van der Waals surface area contributed by atoms with Crippen LogP contribution in [0.25, 0.3) is 0 Å². The van der Waals surface area contributed by atoms with Crippen LogP contribution in [0.1, 0.15) is 32.1 Å². The van der Waals surface area contributed by atoms with Crippen molar-refractivity contribution in [1.82, 2.24) is 10.2 Å². The van der Waals surface area contributed by atoms with Gasteiger partial charge in [-0.15, -0.1) is 0 Å². The Morgan fingerprint density at radius 3 is 2.43 bits per heavy atom. The minimum atomic E-state index is 0.989. The molecule has 0 radical (unpaired) electrons. The average molecular weight is 196 g/mol. The summed E-state index contributed by atoms with van der Waals surface area (Å²) in [6.45, 7) is 5.34. The van der Waals surface area contributed by atoms with Crippen LogP contribution in [0.5, 0.6) is 0 Å². The van der Waals surface area contributed by atoms with E-state index in [1.54, 1.807) is 0 Å². The Kier molecular flexibility index (Phi) is 3.82. The summed E-state index contributed by atoms with van der Waals surface area (Å²) >= 11 is 0. The summed E-state index contributed by atoms with van der Waals surface area (Å²) in [5.41, 5.74) is 0. The van der Waals surface area contributed by atoms with Gasteiger partial charge in [0.05, 0.1) is 0 Å². The van der Waals surface area contributed by atoms with Crippen molar-refractivity contribution in [2.24, 2.45) is 11.8 Å².